The molecular formula is C13H20F3O3P. The van der Waals surface area contributed by atoms with Crippen LogP contribution in [0, 0.1) is 5.92 Å². The summed E-state index contributed by atoms with van der Waals surface area (Å²) in [6.45, 7) is 4.32. The molecule has 0 unspecified atom stereocenters. The van der Waals surface area contributed by atoms with E-state index in [0.29, 0.717) is 0 Å². The first-order valence-electron chi connectivity index (χ1n) is 6.60. The Bertz CT molecular complexity index is 427. The lowest BCUT2D eigenvalue weighted by molar-refractivity contribution is -0.0888. The van der Waals surface area contributed by atoms with Gasteiger partial charge in [0.15, 0.2) is 0 Å². The number of hydrogen-bond acceptors (Lipinski definition) is 3. The molecular weight excluding hydrogens is 292 g/mol. The summed E-state index contributed by atoms with van der Waals surface area (Å²) >= 11 is 0. The fraction of sp³-hybridized carbons (Fsp3) is 0.692. The van der Waals surface area contributed by atoms with Crippen LogP contribution in [0.4, 0.5) is 13.2 Å². The van der Waals surface area contributed by atoms with Gasteiger partial charge in [0.1, 0.15) is 0 Å². The van der Waals surface area contributed by atoms with Gasteiger partial charge in [-0.05, 0) is 39.5 Å². The molecule has 0 spiro atoms. The van der Waals surface area contributed by atoms with E-state index in [9.17, 15) is 17.7 Å². The van der Waals surface area contributed by atoms with Crippen LogP contribution in [0.15, 0.2) is 23.0 Å². The van der Waals surface area contributed by atoms with Gasteiger partial charge in [0, 0.05) is 0 Å². The Labute approximate surface area is 117 Å². The van der Waals surface area contributed by atoms with Crippen molar-refractivity contribution in [3.8, 4) is 0 Å². The monoisotopic (exact) mass is 312 g/mol. The molecule has 1 saturated carbocycles. The Hall–Kier alpha value is -0.580. The number of halogens is 3. The maximum absolute atomic E-state index is 13.1. The summed E-state index contributed by atoms with van der Waals surface area (Å²) in [6, 6.07) is 0. The van der Waals surface area contributed by atoms with E-state index in [2.05, 4.69) is 0 Å². The molecule has 0 aliphatic heterocycles. The van der Waals surface area contributed by atoms with Crippen LogP contribution in [-0.4, -0.2) is 19.4 Å². The SMILES string of the molecule is CCOP(=O)(OCC)/C(C)=C(\C=C\C1CC1)C(F)(F)F. The van der Waals surface area contributed by atoms with Gasteiger partial charge in [-0.15, -0.1) is 0 Å². The van der Waals surface area contributed by atoms with Gasteiger partial charge in [-0.1, -0.05) is 12.2 Å². The van der Waals surface area contributed by atoms with E-state index >= 15 is 0 Å². The van der Waals surface area contributed by atoms with Gasteiger partial charge in [0.2, 0.25) is 0 Å². The highest BCUT2D eigenvalue weighted by atomic mass is 31.2. The van der Waals surface area contributed by atoms with Crippen LogP contribution in [0.25, 0.3) is 0 Å². The van der Waals surface area contributed by atoms with E-state index in [0.717, 1.165) is 25.8 Å². The molecule has 0 bridgehead atoms. The van der Waals surface area contributed by atoms with Crippen molar-refractivity contribution in [1.29, 1.82) is 0 Å². The summed E-state index contributed by atoms with van der Waals surface area (Å²) in [6.07, 6.45) is -0.282. The number of alkyl halides is 3. The van der Waals surface area contributed by atoms with Gasteiger partial charge >= 0.3 is 13.8 Å². The van der Waals surface area contributed by atoms with Crippen molar-refractivity contribution in [3.05, 3.63) is 23.0 Å². The predicted molar refractivity (Wildman–Crippen MR) is 71.5 cm³/mol. The zero-order valence-electron chi connectivity index (χ0n) is 11.9. The molecule has 0 saturated heterocycles. The molecule has 20 heavy (non-hydrogen) atoms. The molecule has 0 heterocycles. The molecule has 7 heteroatoms. The van der Waals surface area contributed by atoms with E-state index in [1.54, 1.807) is 13.8 Å². The van der Waals surface area contributed by atoms with Crippen molar-refractivity contribution < 1.29 is 26.8 Å². The third-order valence-electron chi connectivity index (χ3n) is 2.86. The normalized spacial score (nSPS) is 18.5. The van der Waals surface area contributed by atoms with Gasteiger partial charge < -0.3 is 9.05 Å². The van der Waals surface area contributed by atoms with Crippen molar-refractivity contribution in [2.75, 3.05) is 13.2 Å². The minimum atomic E-state index is -4.58. The summed E-state index contributed by atoms with van der Waals surface area (Å²) in [5.41, 5.74) is -0.936. The average molecular weight is 312 g/mol. The van der Waals surface area contributed by atoms with E-state index in [1.807, 2.05) is 0 Å². The summed E-state index contributed by atoms with van der Waals surface area (Å²) in [7, 11) is -3.89. The standard InChI is InChI=1S/C13H20F3O3P/c1-4-18-20(17,19-5-2)10(3)12(13(14,15)16)9-8-11-6-7-11/h8-9,11H,4-7H2,1-3H3/b9-8+,12-10+. The first-order valence-corrected chi connectivity index (χ1v) is 8.14. The molecule has 0 aromatic rings. The minimum absolute atomic E-state index is 0.0199. The minimum Gasteiger partial charge on any atom is -0.306 e. The summed E-state index contributed by atoms with van der Waals surface area (Å²) in [5.74, 6) is 0.193. The molecule has 0 aromatic heterocycles. The Morgan fingerprint density at radius 2 is 1.75 bits per heavy atom. The first-order chi connectivity index (χ1) is 9.24. The molecule has 0 amide bonds. The number of hydrogen-bond donors (Lipinski definition) is 0. The molecule has 0 radical (unpaired) electrons. The lowest BCUT2D eigenvalue weighted by Crippen LogP contribution is -2.13. The highest BCUT2D eigenvalue weighted by Gasteiger charge is 2.40. The van der Waals surface area contributed by atoms with Crippen LogP contribution in [0.1, 0.15) is 33.6 Å². The van der Waals surface area contributed by atoms with Crippen molar-refractivity contribution >= 4 is 7.60 Å². The topological polar surface area (TPSA) is 35.5 Å². The van der Waals surface area contributed by atoms with Crippen LogP contribution in [-0.2, 0) is 13.6 Å². The van der Waals surface area contributed by atoms with E-state index < -0.39 is 19.3 Å². The second-order valence-electron chi connectivity index (χ2n) is 4.53. The molecule has 1 rings (SSSR count). The first kappa shape index (κ1) is 17.5. The van der Waals surface area contributed by atoms with Crippen molar-refractivity contribution in [1.82, 2.24) is 0 Å². The molecule has 1 aliphatic carbocycles. The maximum Gasteiger partial charge on any atom is 0.416 e. The van der Waals surface area contributed by atoms with Gasteiger partial charge in [-0.2, -0.15) is 13.2 Å². The smallest absolute Gasteiger partial charge is 0.306 e. The number of allylic oxidation sites excluding steroid dienone is 4. The highest BCUT2D eigenvalue weighted by molar-refractivity contribution is 7.58. The van der Waals surface area contributed by atoms with Crippen molar-refractivity contribution in [2.24, 2.45) is 5.92 Å². The van der Waals surface area contributed by atoms with Gasteiger partial charge in [-0.25, -0.2) is 0 Å². The second kappa shape index (κ2) is 6.92. The highest BCUT2D eigenvalue weighted by Crippen LogP contribution is 2.58. The summed E-state index contributed by atoms with van der Waals surface area (Å²) < 4.78 is 61.7. The summed E-state index contributed by atoms with van der Waals surface area (Å²) in [5, 5.41) is -0.384. The largest absolute Gasteiger partial charge is 0.416 e. The molecule has 0 aromatic carbocycles. The molecule has 1 aliphatic rings. The van der Waals surface area contributed by atoms with Crippen LogP contribution < -0.4 is 0 Å². The Morgan fingerprint density at radius 3 is 2.10 bits per heavy atom. The lowest BCUT2D eigenvalue weighted by atomic mass is 10.2. The van der Waals surface area contributed by atoms with Crippen LogP contribution in [0.3, 0.4) is 0 Å². The zero-order chi connectivity index (χ0) is 15.4. The Balaban J connectivity index is 3.18. The third kappa shape index (κ3) is 4.76. The second-order valence-corrected chi connectivity index (χ2v) is 6.71. The van der Waals surface area contributed by atoms with Crippen LogP contribution in [0.5, 0.6) is 0 Å². The molecule has 0 N–H and O–H groups in total. The Kier molecular flexibility index (Phi) is 6.05. The molecule has 116 valence electrons. The third-order valence-corrected chi connectivity index (χ3v) is 5.12. The molecule has 0 atom stereocenters. The molecule has 3 nitrogen and oxygen atoms in total. The summed E-state index contributed by atoms with van der Waals surface area (Å²) in [4.78, 5) is 0. The predicted octanol–water partition coefficient (Wildman–Crippen LogP) is 5.06. The zero-order valence-corrected chi connectivity index (χ0v) is 12.8. The van der Waals surface area contributed by atoms with Crippen molar-refractivity contribution in [2.45, 2.75) is 39.8 Å². The van der Waals surface area contributed by atoms with Gasteiger partial charge in [0.05, 0.1) is 24.1 Å². The lowest BCUT2D eigenvalue weighted by Gasteiger charge is -2.21. The van der Waals surface area contributed by atoms with Crippen molar-refractivity contribution in [3.63, 3.8) is 0 Å². The van der Waals surface area contributed by atoms with Crippen LogP contribution >= 0.6 is 7.60 Å². The van der Waals surface area contributed by atoms with E-state index in [4.69, 9.17) is 9.05 Å². The fourth-order valence-corrected chi connectivity index (χ4v) is 3.30. The fourth-order valence-electron chi connectivity index (χ4n) is 1.66. The maximum atomic E-state index is 13.1. The van der Waals surface area contributed by atoms with E-state index in [1.165, 1.54) is 6.08 Å². The number of rotatable bonds is 7. The quantitative estimate of drug-likeness (QED) is 0.487. The molecule has 1 fully saturated rings. The van der Waals surface area contributed by atoms with Gasteiger partial charge in [-0.3, -0.25) is 4.57 Å². The van der Waals surface area contributed by atoms with Gasteiger partial charge in [0.25, 0.3) is 0 Å². The Morgan fingerprint density at radius 1 is 1.25 bits per heavy atom. The average Bonchev–Trinajstić information content (AvgIpc) is 3.11. The van der Waals surface area contributed by atoms with Crippen LogP contribution in [0.2, 0.25) is 0 Å². The van der Waals surface area contributed by atoms with E-state index in [-0.39, 0.29) is 24.4 Å².